The maximum Gasteiger partial charge on any atom is 0.0346 e. The van der Waals surface area contributed by atoms with Crippen molar-refractivity contribution in [3.05, 3.63) is 76.5 Å². The number of aryl methyl sites for hydroxylation is 1. The third-order valence-corrected chi connectivity index (χ3v) is 5.52. The Bertz CT molecular complexity index is 796. The van der Waals surface area contributed by atoms with Crippen LogP contribution >= 0.6 is 0 Å². The van der Waals surface area contributed by atoms with Gasteiger partial charge in [0.2, 0.25) is 0 Å². The fraction of sp³-hybridized carbons (Fsp3) is 0.481. The molecule has 0 aliphatic heterocycles. The fourth-order valence-electron chi connectivity index (χ4n) is 3.81. The lowest BCUT2D eigenvalue weighted by Gasteiger charge is -2.26. The van der Waals surface area contributed by atoms with Crippen molar-refractivity contribution in [2.75, 3.05) is 0 Å². The molecular formula is C27H39N. The van der Waals surface area contributed by atoms with E-state index in [4.69, 9.17) is 5.73 Å². The van der Waals surface area contributed by atoms with Crippen molar-refractivity contribution in [2.24, 2.45) is 11.7 Å². The van der Waals surface area contributed by atoms with Crippen LogP contribution in [0, 0.1) is 5.92 Å². The topological polar surface area (TPSA) is 26.0 Å². The van der Waals surface area contributed by atoms with Crippen LogP contribution in [-0.2, 0) is 11.8 Å². The maximum atomic E-state index is 6.33. The van der Waals surface area contributed by atoms with Crippen LogP contribution < -0.4 is 5.73 Å². The summed E-state index contributed by atoms with van der Waals surface area (Å²) in [5.74, 6) is 0.512. The number of allylic oxidation sites excluding steroid dienone is 5. The number of rotatable bonds is 7. The molecule has 1 atom stereocenters. The van der Waals surface area contributed by atoms with Crippen molar-refractivity contribution in [1.82, 2.24) is 0 Å². The van der Waals surface area contributed by atoms with E-state index in [0.29, 0.717) is 5.92 Å². The van der Waals surface area contributed by atoms with Crippen LogP contribution in [0.2, 0.25) is 0 Å². The van der Waals surface area contributed by atoms with E-state index in [1.165, 1.54) is 41.5 Å². The van der Waals surface area contributed by atoms with Crippen molar-refractivity contribution in [2.45, 2.75) is 79.1 Å². The van der Waals surface area contributed by atoms with Crippen LogP contribution in [-0.4, -0.2) is 0 Å². The summed E-state index contributed by atoms with van der Waals surface area (Å²) in [7, 11) is 0. The predicted octanol–water partition coefficient (Wildman–Crippen LogP) is 7.49. The summed E-state index contributed by atoms with van der Waals surface area (Å²) in [5, 5.41) is 0. The number of nitrogens with two attached hydrogens (primary N) is 1. The second kappa shape index (κ2) is 9.45. The Labute approximate surface area is 173 Å². The molecule has 2 N–H and O–H groups in total. The van der Waals surface area contributed by atoms with Gasteiger partial charge in [-0.2, -0.15) is 0 Å². The van der Waals surface area contributed by atoms with Gasteiger partial charge in [0.15, 0.2) is 0 Å². The second-order valence-corrected chi connectivity index (χ2v) is 9.42. The van der Waals surface area contributed by atoms with E-state index in [9.17, 15) is 0 Å². The van der Waals surface area contributed by atoms with Gasteiger partial charge in [0.1, 0.15) is 0 Å². The Morgan fingerprint density at radius 2 is 1.96 bits per heavy atom. The molecular weight excluding hydrogens is 338 g/mol. The Morgan fingerprint density at radius 3 is 2.54 bits per heavy atom. The van der Waals surface area contributed by atoms with Crippen molar-refractivity contribution in [3.8, 4) is 0 Å². The van der Waals surface area contributed by atoms with E-state index >= 15 is 0 Å². The van der Waals surface area contributed by atoms with E-state index in [-0.39, 0.29) is 5.41 Å². The lowest BCUT2D eigenvalue weighted by molar-refractivity contribution is 0.587. The first-order valence-electron chi connectivity index (χ1n) is 10.8. The highest BCUT2D eigenvalue weighted by Crippen LogP contribution is 2.36. The molecule has 1 aromatic carbocycles. The molecule has 2 rings (SSSR count). The van der Waals surface area contributed by atoms with E-state index in [1.54, 1.807) is 0 Å². The molecule has 1 nitrogen and oxygen atoms in total. The summed E-state index contributed by atoms with van der Waals surface area (Å²) in [6, 6.07) is 7.01. The van der Waals surface area contributed by atoms with Gasteiger partial charge in [0.25, 0.3) is 0 Å². The van der Waals surface area contributed by atoms with Gasteiger partial charge in [0, 0.05) is 5.70 Å². The molecule has 0 saturated heterocycles. The molecule has 0 radical (unpaired) electrons. The Hall–Kier alpha value is -2.02. The molecule has 0 heterocycles. The van der Waals surface area contributed by atoms with Crippen LogP contribution in [0.15, 0.2) is 59.8 Å². The van der Waals surface area contributed by atoms with Crippen molar-refractivity contribution in [1.29, 1.82) is 0 Å². The highest BCUT2D eigenvalue weighted by atomic mass is 14.6. The van der Waals surface area contributed by atoms with Crippen molar-refractivity contribution < 1.29 is 0 Å². The molecule has 1 aromatic rings. The molecule has 1 unspecified atom stereocenters. The first kappa shape index (κ1) is 22.3. The molecule has 0 amide bonds. The first-order valence-corrected chi connectivity index (χ1v) is 10.8. The summed E-state index contributed by atoms with van der Waals surface area (Å²) in [5.41, 5.74) is 14.8. The van der Waals surface area contributed by atoms with E-state index in [0.717, 1.165) is 29.7 Å². The normalized spacial score (nSPS) is 17.9. The summed E-state index contributed by atoms with van der Waals surface area (Å²) >= 11 is 0. The third-order valence-electron chi connectivity index (χ3n) is 5.52. The fourth-order valence-corrected chi connectivity index (χ4v) is 3.81. The average Bonchev–Trinajstić information content (AvgIpc) is 2.60. The average molecular weight is 378 g/mol. The van der Waals surface area contributed by atoms with Crippen LogP contribution in [0.25, 0.3) is 5.57 Å². The number of unbranched alkanes of at least 4 members (excludes halogenated alkanes) is 2. The zero-order valence-corrected chi connectivity index (χ0v) is 18.9. The van der Waals surface area contributed by atoms with Crippen molar-refractivity contribution >= 4 is 5.57 Å². The number of hydrogen-bond acceptors (Lipinski definition) is 1. The van der Waals surface area contributed by atoms with Gasteiger partial charge < -0.3 is 5.73 Å². The summed E-state index contributed by atoms with van der Waals surface area (Å²) < 4.78 is 0. The summed E-state index contributed by atoms with van der Waals surface area (Å²) in [6.45, 7) is 17.7. The van der Waals surface area contributed by atoms with Gasteiger partial charge in [-0.1, -0.05) is 90.0 Å². The largest absolute Gasteiger partial charge is 0.399 e. The molecule has 28 heavy (non-hydrogen) atoms. The number of benzene rings is 1. The molecule has 1 aliphatic rings. The molecule has 0 aromatic heterocycles. The van der Waals surface area contributed by atoms with E-state index in [2.05, 4.69) is 84.5 Å². The maximum absolute atomic E-state index is 6.33. The van der Waals surface area contributed by atoms with Gasteiger partial charge in [0.05, 0.1) is 0 Å². The molecule has 0 bridgehead atoms. The third kappa shape index (κ3) is 5.74. The Morgan fingerprint density at radius 1 is 1.25 bits per heavy atom. The zero-order valence-electron chi connectivity index (χ0n) is 18.9. The highest BCUT2D eigenvalue weighted by molar-refractivity contribution is 5.83. The van der Waals surface area contributed by atoms with E-state index in [1.807, 2.05) is 0 Å². The van der Waals surface area contributed by atoms with Crippen molar-refractivity contribution in [3.63, 3.8) is 0 Å². The molecule has 0 fully saturated rings. The lowest BCUT2D eigenvalue weighted by atomic mass is 9.79. The zero-order chi connectivity index (χ0) is 20.9. The monoisotopic (exact) mass is 377 g/mol. The smallest absolute Gasteiger partial charge is 0.0346 e. The number of hydrogen-bond donors (Lipinski definition) is 1. The van der Waals surface area contributed by atoms with Crippen LogP contribution in [0.4, 0.5) is 0 Å². The molecule has 0 spiro atoms. The van der Waals surface area contributed by atoms with Gasteiger partial charge >= 0.3 is 0 Å². The quantitative estimate of drug-likeness (QED) is 0.386. The summed E-state index contributed by atoms with van der Waals surface area (Å²) in [4.78, 5) is 0. The molecule has 1 heteroatoms. The summed E-state index contributed by atoms with van der Waals surface area (Å²) in [6.07, 6.45) is 12.7. The molecule has 1 aliphatic carbocycles. The SMILES string of the molecule is C=C(C)/C(=C\C1=CCC(C)C=C1N)c1ccc(CCCCC)cc1C(C)(C)C. The van der Waals surface area contributed by atoms with Gasteiger partial charge in [-0.05, 0) is 71.4 Å². The van der Waals surface area contributed by atoms with Gasteiger partial charge in [-0.25, -0.2) is 0 Å². The van der Waals surface area contributed by atoms with Crippen LogP contribution in [0.1, 0.15) is 83.9 Å². The standard InChI is InChI=1S/C27H39N/c1-8-9-10-11-21-13-15-23(25(17-21)27(5,6)7)24(19(2)3)18-22-14-12-20(4)16-26(22)28/h13-18,20H,2,8-12,28H2,1,3-7H3/b24-18+. The van der Waals surface area contributed by atoms with Crippen LogP contribution in [0.5, 0.6) is 0 Å². The molecule has 0 saturated carbocycles. The second-order valence-electron chi connectivity index (χ2n) is 9.42. The minimum absolute atomic E-state index is 0.0709. The minimum atomic E-state index is 0.0709. The highest BCUT2D eigenvalue weighted by Gasteiger charge is 2.21. The predicted molar refractivity (Wildman–Crippen MR) is 125 cm³/mol. The Balaban J connectivity index is 2.50. The lowest BCUT2D eigenvalue weighted by Crippen LogP contribution is -2.15. The first-order chi connectivity index (χ1) is 13.1. The Kier molecular flexibility index (Phi) is 7.52. The van der Waals surface area contributed by atoms with Crippen LogP contribution in [0.3, 0.4) is 0 Å². The van der Waals surface area contributed by atoms with Gasteiger partial charge in [-0.15, -0.1) is 0 Å². The molecule has 152 valence electrons. The van der Waals surface area contributed by atoms with Gasteiger partial charge in [-0.3, -0.25) is 0 Å². The van der Waals surface area contributed by atoms with E-state index < -0.39 is 0 Å². The minimum Gasteiger partial charge on any atom is -0.399 e.